The maximum atomic E-state index is 13.2. The molecule has 1 fully saturated rings. The molecule has 1 rings (SSSR count). The molecular weight excluding hydrogens is 257 g/mol. The van der Waals surface area contributed by atoms with E-state index in [1.165, 1.54) is 6.92 Å². The van der Waals surface area contributed by atoms with Crippen LogP contribution in [-0.4, -0.2) is 29.8 Å². The van der Waals surface area contributed by atoms with Crippen LogP contribution in [0.4, 0.5) is 4.39 Å². The van der Waals surface area contributed by atoms with Gasteiger partial charge in [-0.3, -0.25) is 0 Å². The molecule has 1 aliphatic rings. The van der Waals surface area contributed by atoms with E-state index in [1.54, 1.807) is 0 Å². The maximum Gasteiger partial charge on any atom is 0.223 e. The highest BCUT2D eigenvalue weighted by molar-refractivity contribution is 6.65. The molecule has 0 aromatic rings. The first kappa shape index (κ1) is 15.1. The average Bonchev–Trinajstić information content (AvgIpc) is 2.35. The van der Waals surface area contributed by atoms with Gasteiger partial charge in [-0.2, -0.15) is 4.99 Å². The van der Waals surface area contributed by atoms with Crippen molar-refractivity contribution in [2.75, 3.05) is 6.54 Å². The summed E-state index contributed by atoms with van der Waals surface area (Å²) in [7, 11) is 0. The lowest BCUT2D eigenvalue weighted by Crippen LogP contribution is -2.33. The second-order valence-electron chi connectivity index (χ2n) is 4.41. The molecule has 0 amide bonds. The van der Waals surface area contributed by atoms with Gasteiger partial charge in [0.1, 0.15) is 5.83 Å². The molecule has 1 saturated carbocycles. The predicted octanol–water partition coefficient (Wildman–Crippen LogP) is 2.58. The summed E-state index contributed by atoms with van der Waals surface area (Å²) in [5.74, 6) is -0.300. The van der Waals surface area contributed by atoms with Crippen LogP contribution < -0.4 is 5.32 Å². The minimum Gasteiger partial charge on any atom is -0.393 e. The lowest BCUT2D eigenvalue weighted by atomic mass is 9.86. The summed E-state index contributed by atoms with van der Waals surface area (Å²) in [5, 5.41) is 12.6. The van der Waals surface area contributed by atoms with Crippen LogP contribution in [-0.2, 0) is 0 Å². The number of rotatable bonds is 4. The second-order valence-corrected chi connectivity index (χ2v) is 4.75. The highest BCUT2D eigenvalue weighted by atomic mass is 35.5. The Balaban J connectivity index is 2.58. The summed E-state index contributed by atoms with van der Waals surface area (Å²) >= 11 is 5.58. The quantitative estimate of drug-likeness (QED) is 0.471. The van der Waals surface area contributed by atoms with E-state index >= 15 is 0 Å². The largest absolute Gasteiger partial charge is 0.393 e. The van der Waals surface area contributed by atoms with E-state index < -0.39 is 5.83 Å². The topological polar surface area (TPSA) is 57.0 Å². The Hall–Kier alpha value is -0.940. The van der Waals surface area contributed by atoms with Crippen LogP contribution in [0.5, 0.6) is 0 Å². The predicted molar refractivity (Wildman–Crippen MR) is 72.6 cm³/mol. The number of halogens is 2. The number of nitrogens with one attached hydrogen (secondary N) is 1. The van der Waals surface area contributed by atoms with Crippen LogP contribution in [0.1, 0.15) is 32.6 Å². The molecule has 0 bridgehead atoms. The molecule has 2 atom stereocenters. The van der Waals surface area contributed by atoms with E-state index in [0.717, 1.165) is 25.7 Å². The third-order valence-electron chi connectivity index (χ3n) is 3.06. The molecule has 0 aromatic heterocycles. The van der Waals surface area contributed by atoms with E-state index in [2.05, 4.69) is 22.0 Å². The van der Waals surface area contributed by atoms with Gasteiger partial charge >= 0.3 is 0 Å². The molecule has 6 heteroatoms. The number of nitrogens with zero attached hydrogens (tertiary/aromatic N) is 2. The molecule has 0 saturated heterocycles. The molecular formula is C12H19ClFN3O. The lowest BCUT2D eigenvalue weighted by Gasteiger charge is -2.27. The Kier molecular flexibility index (Phi) is 6.29. The molecule has 1 aliphatic carbocycles. The minimum absolute atomic E-state index is 0.0465. The van der Waals surface area contributed by atoms with Gasteiger partial charge in [0.05, 0.1) is 6.10 Å². The van der Waals surface area contributed by atoms with Gasteiger partial charge in [0, 0.05) is 12.5 Å². The zero-order valence-electron chi connectivity index (χ0n) is 10.5. The van der Waals surface area contributed by atoms with Crippen molar-refractivity contribution in [3.63, 3.8) is 0 Å². The molecule has 0 heterocycles. The standard InChI is InChI=1S/C12H19ClFN3O/c1-8(14)11(17-12(13)15-2)16-7-9-5-3-4-6-10(9)18/h9-10,16,18H,2-7H2,1H3/b11-8+,17-12?. The summed E-state index contributed by atoms with van der Waals surface area (Å²) in [4.78, 5) is 7.16. The molecule has 2 N–H and O–H groups in total. The SMILES string of the molecule is C=NC(Cl)=N/C(NCC1CCCCC1O)=C(\C)F. The van der Waals surface area contributed by atoms with Gasteiger partial charge in [0.25, 0.3) is 0 Å². The van der Waals surface area contributed by atoms with Crippen LogP contribution in [0.3, 0.4) is 0 Å². The Morgan fingerprint density at radius 2 is 2.17 bits per heavy atom. The van der Waals surface area contributed by atoms with Gasteiger partial charge < -0.3 is 10.4 Å². The zero-order valence-corrected chi connectivity index (χ0v) is 11.3. The van der Waals surface area contributed by atoms with Gasteiger partial charge in [0.15, 0.2) is 5.82 Å². The Morgan fingerprint density at radius 1 is 1.50 bits per heavy atom. The van der Waals surface area contributed by atoms with Crippen molar-refractivity contribution in [3.8, 4) is 0 Å². The van der Waals surface area contributed by atoms with Gasteiger partial charge in [-0.15, -0.1) is 0 Å². The smallest absolute Gasteiger partial charge is 0.223 e. The number of hydrogen-bond acceptors (Lipinski definition) is 3. The maximum absolute atomic E-state index is 13.2. The summed E-state index contributed by atoms with van der Waals surface area (Å²) in [5.41, 5.74) is 0. The summed E-state index contributed by atoms with van der Waals surface area (Å²) in [6.07, 6.45) is 3.55. The number of allylic oxidation sites excluding steroid dienone is 1. The normalized spacial score (nSPS) is 26.6. The molecule has 0 aromatic carbocycles. The number of amidine groups is 1. The fourth-order valence-electron chi connectivity index (χ4n) is 2.02. The number of aliphatic hydroxyl groups is 1. The molecule has 18 heavy (non-hydrogen) atoms. The summed E-state index contributed by atoms with van der Waals surface area (Å²) in [6, 6.07) is 0. The van der Waals surface area contributed by atoms with Crippen molar-refractivity contribution in [1.29, 1.82) is 0 Å². The van der Waals surface area contributed by atoms with Gasteiger partial charge in [0.2, 0.25) is 5.29 Å². The van der Waals surface area contributed by atoms with E-state index in [9.17, 15) is 9.50 Å². The van der Waals surface area contributed by atoms with Crippen molar-refractivity contribution in [2.45, 2.75) is 38.7 Å². The molecule has 102 valence electrons. The van der Waals surface area contributed by atoms with E-state index in [4.69, 9.17) is 11.6 Å². The van der Waals surface area contributed by atoms with Crippen molar-refractivity contribution < 1.29 is 9.50 Å². The van der Waals surface area contributed by atoms with Gasteiger partial charge in [-0.25, -0.2) is 9.38 Å². The first-order chi connectivity index (χ1) is 8.54. The van der Waals surface area contributed by atoms with E-state index in [0.29, 0.717) is 6.54 Å². The number of aliphatic hydroxyl groups excluding tert-OH is 1. The molecule has 0 radical (unpaired) electrons. The van der Waals surface area contributed by atoms with Crippen LogP contribution in [0, 0.1) is 5.92 Å². The summed E-state index contributed by atoms with van der Waals surface area (Å²) < 4.78 is 13.2. The zero-order chi connectivity index (χ0) is 13.5. The molecule has 0 spiro atoms. The lowest BCUT2D eigenvalue weighted by molar-refractivity contribution is 0.0708. The second kappa shape index (κ2) is 7.48. The Labute approximate surface area is 112 Å². The Bertz CT molecular complexity index is 353. The first-order valence-corrected chi connectivity index (χ1v) is 6.41. The van der Waals surface area contributed by atoms with Crippen LogP contribution in [0.2, 0.25) is 0 Å². The highest BCUT2D eigenvalue weighted by Gasteiger charge is 2.23. The average molecular weight is 276 g/mol. The van der Waals surface area contributed by atoms with E-state index in [-0.39, 0.29) is 23.1 Å². The summed E-state index contributed by atoms with van der Waals surface area (Å²) in [6.45, 7) is 4.97. The monoisotopic (exact) mass is 275 g/mol. The fourth-order valence-corrected chi connectivity index (χ4v) is 2.10. The van der Waals surface area contributed by atoms with Crippen LogP contribution in [0.25, 0.3) is 0 Å². The number of aliphatic imine (C=N–C) groups is 2. The third kappa shape index (κ3) is 4.74. The van der Waals surface area contributed by atoms with Gasteiger partial charge in [-0.1, -0.05) is 12.8 Å². The minimum atomic E-state index is -0.470. The van der Waals surface area contributed by atoms with Crippen molar-refractivity contribution in [3.05, 3.63) is 11.6 Å². The van der Waals surface area contributed by atoms with Crippen molar-refractivity contribution >= 4 is 23.6 Å². The molecule has 0 aliphatic heterocycles. The van der Waals surface area contributed by atoms with E-state index in [1.807, 2.05) is 0 Å². The third-order valence-corrected chi connectivity index (χ3v) is 3.27. The van der Waals surface area contributed by atoms with Gasteiger partial charge in [-0.05, 0) is 38.1 Å². The van der Waals surface area contributed by atoms with Crippen molar-refractivity contribution in [1.82, 2.24) is 5.32 Å². The van der Waals surface area contributed by atoms with Crippen LogP contribution in [0.15, 0.2) is 21.6 Å². The fraction of sp³-hybridized carbons (Fsp3) is 0.667. The van der Waals surface area contributed by atoms with Crippen LogP contribution >= 0.6 is 11.6 Å². The first-order valence-electron chi connectivity index (χ1n) is 6.03. The Morgan fingerprint density at radius 3 is 2.72 bits per heavy atom. The van der Waals surface area contributed by atoms with Crippen molar-refractivity contribution in [2.24, 2.45) is 15.9 Å². The molecule has 4 nitrogen and oxygen atoms in total. The number of hydrogen-bond donors (Lipinski definition) is 2. The highest BCUT2D eigenvalue weighted by Crippen LogP contribution is 2.24. The molecule has 2 unspecified atom stereocenters.